The molecule has 246 valence electrons. The molecule has 45 heavy (non-hydrogen) atoms. The maximum Gasteiger partial charge on any atom is 0.0479 e. The summed E-state index contributed by atoms with van der Waals surface area (Å²) in [5, 5.41) is 10.4. The second-order valence-electron chi connectivity index (χ2n) is 13.5. The molecule has 3 aromatic rings. The largest absolute Gasteiger partial charge is 0.322 e. The van der Waals surface area contributed by atoms with Crippen molar-refractivity contribution in [3.05, 3.63) is 108 Å². The van der Waals surface area contributed by atoms with E-state index in [-0.39, 0.29) is 34.7 Å². The number of rotatable bonds is 9. The first kappa shape index (κ1) is 35.3. The van der Waals surface area contributed by atoms with Crippen molar-refractivity contribution >= 4 is 0 Å². The highest BCUT2D eigenvalue weighted by Gasteiger charge is 2.40. The van der Waals surface area contributed by atoms with Crippen molar-refractivity contribution in [2.24, 2.45) is 17.2 Å². The zero-order chi connectivity index (χ0) is 32.2. The molecular formula is C39H60N6. The number of nitrogens with one attached hydrogen (secondary N) is 3. The minimum absolute atomic E-state index is 0.117. The fraction of sp³-hybridized carbons (Fsp3) is 0.538. The molecule has 3 aliphatic carbocycles. The van der Waals surface area contributed by atoms with E-state index in [0.29, 0.717) is 0 Å². The molecule has 3 atom stereocenters. The third-order valence-electron chi connectivity index (χ3n) is 11.2. The van der Waals surface area contributed by atoms with Crippen molar-refractivity contribution < 1.29 is 0 Å². The van der Waals surface area contributed by atoms with Gasteiger partial charge < -0.3 is 33.2 Å². The van der Waals surface area contributed by atoms with E-state index in [1.54, 1.807) is 0 Å². The molecule has 3 fully saturated rings. The highest BCUT2D eigenvalue weighted by molar-refractivity contribution is 5.25. The predicted molar refractivity (Wildman–Crippen MR) is 191 cm³/mol. The number of likely N-dealkylation sites (N-methyl/N-ethyl adjacent to an activating group) is 3. The zero-order valence-electron chi connectivity index (χ0n) is 28.1. The molecule has 0 amide bonds. The van der Waals surface area contributed by atoms with E-state index in [0.717, 1.165) is 0 Å². The summed E-state index contributed by atoms with van der Waals surface area (Å²) in [6.45, 7) is 0. The van der Waals surface area contributed by atoms with Gasteiger partial charge in [-0.1, -0.05) is 130 Å². The fourth-order valence-electron chi connectivity index (χ4n) is 8.11. The van der Waals surface area contributed by atoms with Crippen LogP contribution in [0.2, 0.25) is 0 Å². The van der Waals surface area contributed by atoms with Crippen molar-refractivity contribution in [2.75, 3.05) is 21.1 Å². The highest BCUT2D eigenvalue weighted by atomic mass is 15.0. The summed E-state index contributed by atoms with van der Waals surface area (Å²) in [5.74, 6) is 0. The molecule has 6 nitrogen and oxygen atoms in total. The first-order chi connectivity index (χ1) is 21.9. The Morgan fingerprint density at radius 3 is 0.778 bits per heavy atom. The Morgan fingerprint density at radius 1 is 0.400 bits per heavy atom. The zero-order valence-corrected chi connectivity index (χ0v) is 28.1. The Kier molecular flexibility index (Phi) is 13.2. The van der Waals surface area contributed by atoms with Gasteiger partial charge in [0.2, 0.25) is 0 Å². The van der Waals surface area contributed by atoms with Crippen LogP contribution in [0.4, 0.5) is 0 Å². The second kappa shape index (κ2) is 16.8. The van der Waals surface area contributed by atoms with E-state index in [2.05, 4.69) is 88.7 Å². The Morgan fingerprint density at radius 2 is 0.600 bits per heavy atom. The van der Waals surface area contributed by atoms with Gasteiger partial charge in [-0.3, -0.25) is 0 Å². The van der Waals surface area contributed by atoms with Gasteiger partial charge in [0.25, 0.3) is 0 Å². The van der Waals surface area contributed by atoms with Gasteiger partial charge in [0, 0.05) is 34.7 Å². The third-order valence-corrected chi connectivity index (χ3v) is 11.2. The summed E-state index contributed by atoms with van der Waals surface area (Å²) >= 11 is 0. The minimum Gasteiger partial charge on any atom is -0.322 e. The smallest absolute Gasteiger partial charge is 0.0479 e. The Bertz CT molecular complexity index is 1060. The lowest BCUT2D eigenvalue weighted by Crippen LogP contribution is -2.49. The van der Waals surface area contributed by atoms with Crippen molar-refractivity contribution in [3.63, 3.8) is 0 Å². The summed E-state index contributed by atoms with van der Waals surface area (Å²) in [4.78, 5) is 0. The standard InChI is InChI=1S/3C13H20N2/c3*1-15-13(9-5-6-10-13)12(14)11-7-3-2-4-8-11/h3*2-4,7-8,12,15H,5-6,9-10,14H2,1H3. The molecule has 3 aliphatic rings. The molecule has 0 bridgehead atoms. The lowest BCUT2D eigenvalue weighted by atomic mass is 9.84. The fourth-order valence-corrected chi connectivity index (χ4v) is 8.11. The molecule has 6 heteroatoms. The topological polar surface area (TPSA) is 114 Å². The molecule has 0 heterocycles. The van der Waals surface area contributed by atoms with Crippen LogP contribution in [0.15, 0.2) is 91.0 Å². The van der Waals surface area contributed by atoms with Gasteiger partial charge in [-0.25, -0.2) is 0 Å². The molecule has 0 radical (unpaired) electrons. The summed E-state index contributed by atoms with van der Waals surface area (Å²) in [5.41, 5.74) is 23.3. The summed E-state index contributed by atoms with van der Waals surface area (Å²) in [6.07, 6.45) is 14.9. The molecule has 0 saturated heterocycles. The molecule has 0 aliphatic heterocycles. The predicted octanol–water partition coefficient (Wildman–Crippen LogP) is 6.66. The summed E-state index contributed by atoms with van der Waals surface area (Å²) in [6, 6.07) is 31.6. The van der Waals surface area contributed by atoms with Gasteiger partial charge in [0.15, 0.2) is 0 Å². The molecule has 3 aromatic carbocycles. The van der Waals surface area contributed by atoms with Crippen LogP contribution >= 0.6 is 0 Å². The van der Waals surface area contributed by atoms with Crippen LogP contribution in [0.5, 0.6) is 0 Å². The third kappa shape index (κ3) is 8.42. The molecule has 3 unspecified atom stereocenters. The molecule has 0 spiro atoms. The molecular weight excluding hydrogens is 552 g/mol. The van der Waals surface area contributed by atoms with Gasteiger partial charge in [0.05, 0.1) is 0 Å². The number of nitrogens with two attached hydrogens (primary N) is 3. The summed E-state index contributed by atoms with van der Waals surface area (Å²) < 4.78 is 0. The van der Waals surface area contributed by atoms with E-state index in [9.17, 15) is 0 Å². The maximum absolute atomic E-state index is 6.38. The molecule has 6 rings (SSSR count). The van der Waals surface area contributed by atoms with Gasteiger partial charge in [0.1, 0.15) is 0 Å². The quantitative estimate of drug-likeness (QED) is 0.161. The van der Waals surface area contributed by atoms with E-state index in [1.807, 2.05) is 39.3 Å². The average Bonchev–Trinajstić information content (AvgIpc) is 3.92. The van der Waals surface area contributed by atoms with E-state index in [4.69, 9.17) is 17.2 Å². The number of benzene rings is 3. The molecule has 3 saturated carbocycles. The minimum atomic E-state index is 0.117. The van der Waals surface area contributed by atoms with E-state index < -0.39 is 0 Å². The van der Waals surface area contributed by atoms with Crippen LogP contribution in [-0.2, 0) is 0 Å². The highest BCUT2D eigenvalue weighted by Crippen LogP contribution is 2.40. The molecule has 9 N–H and O–H groups in total. The second-order valence-corrected chi connectivity index (χ2v) is 13.5. The van der Waals surface area contributed by atoms with Crippen molar-refractivity contribution in [1.29, 1.82) is 0 Å². The Balaban J connectivity index is 0.000000154. The van der Waals surface area contributed by atoms with Crippen LogP contribution in [0.3, 0.4) is 0 Å². The van der Waals surface area contributed by atoms with Crippen LogP contribution in [0.1, 0.15) is 112 Å². The maximum atomic E-state index is 6.38. The number of hydrogen-bond donors (Lipinski definition) is 6. The lowest BCUT2D eigenvalue weighted by molar-refractivity contribution is 0.294. The Labute approximate surface area is 273 Å². The first-order valence-corrected chi connectivity index (χ1v) is 17.3. The van der Waals surface area contributed by atoms with Gasteiger partial charge in [-0.05, 0) is 76.4 Å². The average molecular weight is 613 g/mol. The monoisotopic (exact) mass is 612 g/mol. The van der Waals surface area contributed by atoms with Crippen molar-refractivity contribution in [3.8, 4) is 0 Å². The summed E-state index contributed by atoms with van der Waals surface area (Å²) in [7, 11) is 6.11. The van der Waals surface area contributed by atoms with Gasteiger partial charge >= 0.3 is 0 Å². The van der Waals surface area contributed by atoms with Crippen LogP contribution in [0.25, 0.3) is 0 Å². The van der Waals surface area contributed by atoms with E-state index >= 15 is 0 Å². The number of hydrogen-bond acceptors (Lipinski definition) is 6. The first-order valence-electron chi connectivity index (χ1n) is 17.3. The Hall–Kier alpha value is -2.58. The normalized spacial score (nSPS) is 21.5. The van der Waals surface area contributed by atoms with Gasteiger partial charge in [-0.2, -0.15) is 0 Å². The van der Waals surface area contributed by atoms with Crippen LogP contribution in [-0.4, -0.2) is 37.8 Å². The van der Waals surface area contributed by atoms with Gasteiger partial charge in [-0.15, -0.1) is 0 Å². The SMILES string of the molecule is CNC1(C(N)c2ccccc2)CCCC1.CNC1(C(N)c2ccccc2)CCCC1.CNC1(C(N)c2ccccc2)CCCC1. The van der Waals surface area contributed by atoms with Crippen molar-refractivity contribution in [1.82, 2.24) is 16.0 Å². The van der Waals surface area contributed by atoms with Crippen molar-refractivity contribution in [2.45, 2.75) is 112 Å². The van der Waals surface area contributed by atoms with Crippen LogP contribution < -0.4 is 33.2 Å². The molecule has 0 aromatic heterocycles. The lowest BCUT2D eigenvalue weighted by Gasteiger charge is -2.35. The van der Waals surface area contributed by atoms with E-state index in [1.165, 1.54) is 93.7 Å². The van der Waals surface area contributed by atoms with Crippen LogP contribution in [0, 0.1) is 0 Å².